The normalized spacial score (nSPS) is 14.1. The summed E-state index contributed by atoms with van der Waals surface area (Å²) in [5.74, 6) is -1.29. The summed E-state index contributed by atoms with van der Waals surface area (Å²) in [7, 11) is 0. The van der Waals surface area contributed by atoms with Crippen molar-refractivity contribution in [2.24, 2.45) is 0 Å². The molecular formula is C19H19FN2O6. The molecule has 1 unspecified atom stereocenters. The molecule has 1 aromatic carbocycles. The van der Waals surface area contributed by atoms with E-state index in [0.29, 0.717) is 11.5 Å². The molecule has 3 rings (SSSR count). The van der Waals surface area contributed by atoms with Gasteiger partial charge in [0.1, 0.15) is 23.9 Å². The predicted molar refractivity (Wildman–Crippen MR) is 94.0 cm³/mol. The van der Waals surface area contributed by atoms with E-state index in [1.807, 2.05) is 0 Å². The Morgan fingerprint density at radius 2 is 1.89 bits per heavy atom. The van der Waals surface area contributed by atoms with Crippen molar-refractivity contribution >= 4 is 17.9 Å². The van der Waals surface area contributed by atoms with Gasteiger partial charge in [0.15, 0.2) is 6.10 Å². The lowest BCUT2D eigenvalue weighted by Crippen LogP contribution is -2.45. The summed E-state index contributed by atoms with van der Waals surface area (Å²) in [5.41, 5.74) is 0. The number of carbonyl (C=O) groups is 3. The largest absolute Gasteiger partial charge is 0.486 e. The smallest absolute Gasteiger partial charge is 0.375 e. The second kappa shape index (κ2) is 8.55. The number of halogens is 1. The molecule has 9 heteroatoms. The van der Waals surface area contributed by atoms with Crippen LogP contribution in [0, 0.1) is 5.82 Å². The standard InChI is InChI=1S/C19H19FN2O6/c1-11(17(23)22-19(25)21-13-4-5-13)27-18(24)16-9-8-15(28-16)10-26-14-6-2-12(20)3-7-14/h2-3,6-9,11,13H,4-5,10H2,1H3,(H2,21,22,23,25). The van der Waals surface area contributed by atoms with E-state index in [0.717, 1.165) is 12.8 Å². The molecule has 1 atom stereocenters. The van der Waals surface area contributed by atoms with Crippen LogP contribution in [0.1, 0.15) is 36.1 Å². The third-order valence-corrected chi connectivity index (χ3v) is 3.86. The minimum atomic E-state index is -1.18. The van der Waals surface area contributed by atoms with Gasteiger partial charge in [-0.3, -0.25) is 10.1 Å². The number of hydrogen-bond acceptors (Lipinski definition) is 6. The molecular weight excluding hydrogens is 371 g/mol. The predicted octanol–water partition coefficient (Wildman–Crippen LogP) is 2.53. The number of benzene rings is 1. The number of amides is 3. The van der Waals surface area contributed by atoms with Crippen LogP contribution in [0.25, 0.3) is 0 Å². The highest BCUT2D eigenvalue weighted by Crippen LogP contribution is 2.18. The topological polar surface area (TPSA) is 107 Å². The molecule has 28 heavy (non-hydrogen) atoms. The fourth-order valence-electron chi connectivity index (χ4n) is 2.19. The fraction of sp³-hybridized carbons (Fsp3) is 0.316. The van der Waals surface area contributed by atoms with Gasteiger partial charge in [0.2, 0.25) is 5.76 Å². The summed E-state index contributed by atoms with van der Waals surface area (Å²) in [6, 6.07) is 7.84. The monoisotopic (exact) mass is 390 g/mol. The van der Waals surface area contributed by atoms with Gasteiger partial charge in [-0.2, -0.15) is 0 Å². The number of esters is 1. The SMILES string of the molecule is CC(OC(=O)c1ccc(COc2ccc(F)cc2)o1)C(=O)NC(=O)NC1CC1. The molecule has 1 saturated carbocycles. The quantitative estimate of drug-likeness (QED) is 0.704. The highest BCUT2D eigenvalue weighted by Gasteiger charge is 2.26. The molecule has 0 aliphatic heterocycles. The number of carbonyl (C=O) groups excluding carboxylic acids is 3. The van der Waals surface area contributed by atoms with E-state index in [9.17, 15) is 18.8 Å². The van der Waals surface area contributed by atoms with Crippen molar-refractivity contribution in [3.8, 4) is 5.75 Å². The lowest BCUT2D eigenvalue weighted by molar-refractivity contribution is -0.128. The molecule has 1 aromatic heterocycles. The van der Waals surface area contributed by atoms with E-state index in [1.54, 1.807) is 0 Å². The second-order valence-corrected chi connectivity index (χ2v) is 6.29. The molecule has 1 aliphatic rings. The fourth-order valence-corrected chi connectivity index (χ4v) is 2.19. The Labute approximate surface area is 160 Å². The molecule has 0 spiro atoms. The summed E-state index contributed by atoms with van der Waals surface area (Å²) < 4.78 is 28.6. The summed E-state index contributed by atoms with van der Waals surface area (Å²) in [4.78, 5) is 35.5. The Morgan fingerprint density at radius 3 is 2.57 bits per heavy atom. The van der Waals surface area contributed by atoms with Crippen LogP contribution < -0.4 is 15.4 Å². The molecule has 1 heterocycles. The maximum atomic E-state index is 12.9. The number of urea groups is 1. The molecule has 3 amide bonds. The summed E-state index contributed by atoms with van der Waals surface area (Å²) in [5, 5.41) is 4.71. The van der Waals surface area contributed by atoms with Gasteiger partial charge < -0.3 is 19.2 Å². The van der Waals surface area contributed by atoms with Crippen LogP contribution in [0.5, 0.6) is 5.75 Å². The van der Waals surface area contributed by atoms with Crippen molar-refractivity contribution in [2.75, 3.05) is 0 Å². The molecule has 2 aromatic rings. The van der Waals surface area contributed by atoms with Crippen molar-refractivity contribution in [1.29, 1.82) is 0 Å². The third-order valence-electron chi connectivity index (χ3n) is 3.86. The first-order valence-corrected chi connectivity index (χ1v) is 8.70. The number of hydrogen-bond donors (Lipinski definition) is 2. The van der Waals surface area contributed by atoms with Crippen molar-refractivity contribution in [1.82, 2.24) is 10.6 Å². The maximum Gasteiger partial charge on any atom is 0.375 e. The molecule has 1 fully saturated rings. The highest BCUT2D eigenvalue weighted by molar-refractivity contribution is 5.98. The zero-order valence-electron chi connectivity index (χ0n) is 15.1. The minimum absolute atomic E-state index is 0.0241. The summed E-state index contributed by atoms with van der Waals surface area (Å²) in [6.07, 6.45) is 0.594. The van der Waals surface area contributed by atoms with Crippen molar-refractivity contribution < 1.29 is 32.7 Å². The van der Waals surface area contributed by atoms with E-state index in [2.05, 4.69) is 10.6 Å². The van der Waals surface area contributed by atoms with Gasteiger partial charge in [-0.15, -0.1) is 0 Å². The summed E-state index contributed by atoms with van der Waals surface area (Å²) in [6.45, 7) is 1.37. The molecule has 0 radical (unpaired) electrons. The van der Waals surface area contributed by atoms with Gasteiger partial charge in [-0.25, -0.2) is 14.0 Å². The Balaban J connectivity index is 1.46. The van der Waals surface area contributed by atoms with Crippen LogP contribution >= 0.6 is 0 Å². The third kappa shape index (κ3) is 5.57. The van der Waals surface area contributed by atoms with Gasteiger partial charge >= 0.3 is 12.0 Å². The maximum absolute atomic E-state index is 12.9. The van der Waals surface area contributed by atoms with Gasteiger partial charge in [-0.05, 0) is 56.2 Å². The first-order valence-electron chi connectivity index (χ1n) is 8.70. The number of rotatable bonds is 7. The Bertz CT molecular complexity index is 860. The number of ether oxygens (including phenoxy) is 2. The lowest BCUT2D eigenvalue weighted by Gasteiger charge is -2.12. The second-order valence-electron chi connectivity index (χ2n) is 6.29. The van der Waals surface area contributed by atoms with Crippen LogP contribution in [0.2, 0.25) is 0 Å². The molecule has 2 N–H and O–H groups in total. The van der Waals surface area contributed by atoms with E-state index in [-0.39, 0.29) is 24.2 Å². The van der Waals surface area contributed by atoms with Crippen molar-refractivity contribution in [3.63, 3.8) is 0 Å². The first kappa shape index (κ1) is 19.4. The van der Waals surface area contributed by atoms with E-state index in [1.165, 1.54) is 43.3 Å². The van der Waals surface area contributed by atoms with Gasteiger partial charge in [0.25, 0.3) is 5.91 Å². The molecule has 148 valence electrons. The van der Waals surface area contributed by atoms with Crippen LogP contribution in [0.3, 0.4) is 0 Å². The average Bonchev–Trinajstić information content (AvgIpc) is 3.33. The van der Waals surface area contributed by atoms with Crippen LogP contribution in [0.15, 0.2) is 40.8 Å². The van der Waals surface area contributed by atoms with Crippen molar-refractivity contribution in [2.45, 2.75) is 38.5 Å². The van der Waals surface area contributed by atoms with Crippen LogP contribution in [-0.4, -0.2) is 30.1 Å². The van der Waals surface area contributed by atoms with Crippen LogP contribution in [0.4, 0.5) is 9.18 Å². The number of furan rings is 1. The van der Waals surface area contributed by atoms with E-state index in [4.69, 9.17) is 13.9 Å². The minimum Gasteiger partial charge on any atom is -0.486 e. The van der Waals surface area contributed by atoms with E-state index < -0.39 is 24.0 Å². The van der Waals surface area contributed by atoms with Crippen LogP contribution in [-0.2, 0) is 16.1 Å². The Morgan fingerprint density at radius 1 is 1.18 bits per heavy atom. The molecule has 0 saturated heterocycles. The van der Waals surface area contributed by atoms with Gasteiger partial charge in [0, 0.05) is 6.04 Å². The molecule has 0 bridgehead atoms. The highest BCUT2D eigenvalue weighted by atomic mass is 19.1. The Hall–Kier alpha value is -3.36. The average molecular weight is 390 g/mol. The first-order chi connectivity index (χ1) is 13.4. The van der Waals surface area contributed by atoms with E-state index >= 15 is 0 Å². The zero-order valence-corrected chi connectivity index (χ0v) is 15.1. The molecule has 1 aliphatic carbocycles. The summed E-state index contributed by atoms with van der Waals surface area (Å²) >= 11 is 0. The van der Waals surface area contributed by atoms with Gasteiger partial charge in [-0.1, -0.05) is 0 Å². The Kier molecular flexibility index (Phi) is 5.93. The van der Waals surface area contributed by atoms with Gasteiger partial charge in [0.05, 0.1) is 0 Å². The lowest BCUT2D eigenvalue weighted by atomic mass is 10.3. The number of imide groups is 1. The molecule has 8 nitrogen and oxygen atoms in total. The number of nitrogens with one attached hydrogen (secondary N) is 2. The van der Waals surface area contributed by atoms with Crippen molar-refractivity contribution in [3.05, 3.63) is 53.7 Å². The zero-order chi connectivity index (χ0) is 20.1.